The molecule has 2 heterocycles. The van der Waals surface area contributed by atoms with Gasteiger partial charge in [0.15, 0.2) is 0 Å². The summed E-state index contributed by atoms with van der Waals surface area (Å²) in [5.41, 5.74) is 2.82. The normalized spacial score (nSPS) is 28.9. The molecule has 0 aromatic carbocycles. The minimum atomic E-state index is 0.591. The number of hydrogen-bond acceptors (Lipinski definition) is 2. The topological polar surface area (TPSA) is 31.9 Å². The molecule has 1 atom stereocenters. The van der Waals surface area contributed by atoms with Gasteiger partial charge in [0.25, 0.3) is 0 Å². The van der Waals surface area contributed by atoms with Gasteiger partial charge in [0.05, 0.1) is 11.7 Å². The summed E-state index contributed by atoms with van der Waals surface area (Å²) in [5.74, 6) is 1.29. The first kappa shape index (κ1) is 12.0. The van der Waals surface area contributed by atoms with Crippen molar-refractivity contribution >= 4 is 0 Å². The number of fused-ring (bicyclic) bond motifs is 1. The molecule has 0 spiro atoms. The van der Waals surface area contributed by atoms with Crippen molar-refractivity contribution in [3.05, 3.63) is 17.2 Å². The predicted octanol–water partition coefficient (Wildman–Crippen LogP) is 3.37. The highest BCUT2D eigenvalue weighted by Crippen LogP contribution is 2.37. The molecule has 1 N–H and O–H groups in total. The van der Waals surface area contributed by atoms with Crippen molar-refractivity contribution in [1.82, 2.24) is 14.9 Å². The van der Waals surface area contributed by atoms with E-state index in [9.17, 15) is 0 Å². The lowest BCUT2D eigenvalue weighted by Gasteiger charge is -2.29. The van der Waals surface area contributed by atoms with E-state index in [1.807, 2.05) is 0 Å². The summed E-state index contributed by atoms with van der Waals surface area (Å²) in [6, 6.07) is 1.43. The Labute approximate surface area is 115 Å². The number of imidazole rings is 1. The molecule has 2 aliphatic carbocycles. The third-order valence-corrected chi connectivity index (χ3v) is 5.38. The van der Waals surface area contributed by atoms with E-state index in [2.05, 4.69) is 9.88 Å². The van der Waals surface area contributed by atoms with Gasteiger partial charge in [-0.05, 0) is 57.9 Å². The fraction of sp³-hybridized carbons (Fsp3) is 0.812. The fourth-order valence-electron chi connectivity index (χ4n) is 4.39. The molecule has 4 rings (SSSR count). The van der Waals surface area contributed by atoms with Crippen LogP contribution in [0.15, 0.2) is 0 Å². The second kappa shape index (κ2) is 4.93. The number of aromatic amines is 1. The van der Waals surface area contributed by atoms with Crippen LogP contribution in [-0.4, -0.2) is 27.5 Å². The van der Waals surface area contributed by atoms with Gasteiger partial charge in [-0.15, -0.1) is 0 Å². The average molecular weight is 259 g/mol. The van der Waals surface area contributed by atoms with Crippen LogP contribution in [-0.2, 0) is 12.8 Å². The highest BCUT2D eigenvalue weighted by atomic mass is 15.2. The molecule has 1 saturated carbocycles. The molecule has 104 valence electrons. The molecule has 0 amide bonds. The number of H-pyrrole nitrogens is 1. The zero-order chi connectivity index (χ0) is 12.7. The summed E-state index contributed by atoms with van der Waals surface area (Å²) in [7, 11) is 0. The zero-order valence-corrected chi connectivity index (χ0v) is 11.8. The Morgan fingerprint density at radius 2 is 1.79 bits per heavy atom. The lowest BCUT2D eigenvalue weighted by molar-refractivity contribution is 0.177. The Hall–Kier alpha value is -0.830. The van der Waals surface area contributed by atoms with Crippen molar-refractivity contribution in [3.63, 3.8) is 0 Å². The summed E-state index contributed by atoms with van der Waals surface area (Å²) < 4.78 is 0. The van der Waals surface area contributed by atoms with Gasteiger partial charge in [0, 0.05) is 11.7 Å². The molecule has 1 aromatic heterocycles. The Kier molecular flexibility index (Phi) is 3.10. The molecule has 0 radical (unpaired) electrons. The molecule has 1 aromatic rings. The predicted molar refractivity (Wildman–Crippen MR) is 76.2 cm³/mol. The zero-order valence-electron chi connectivity index (χ0n) is 11.8. The van der Waals surface area contributed by atoms with Crippen LogP contribution in [0.25, 0.3) is 0 Å². The van der Waals surface area contributed by atoms with Crippen molar-refractivity contribution < 1.29 is 0 Å². The van der Waals surface area contributed by atoms with E-state index in [0.29, 0.717) is 6.04 Å². The molecule has 0 bridgehead atoms. The van der Waals surface area contributed by atoms with Crippen molar-refractivity contribution in [3.8, 4) is 0 Å². The van der Waals surface area contributed by atoms with Gasteiger partial charge in [-0.2, -0.15) is 0 Å². The number of nitrogens with zero attached hydrogens (tertiary/aromatic N) is 2. The largest absolute Gasteiger partial charge is 0.344 e. The number of aryl methyl sites for hydroxylation is 2. The Balaban J connectivity index is 1.58. The first-order valence-electron chi connectivity index (χ1n) is 8.25. The van der Waals surface area contributed by atoms with Crippen molar-refractivity contribution in [2.45, 2.75) is 76.3 Å². The van der Waals surface area contributed by atoms with Crippen LogP contribution in [0.1, 0.15) is 74.6 Å². The Bertz CT molecular complexity index is 421. The summed E-state index contributed by atoms with van der Waals surface area (Å²) in [4.78, 5) is 11.4. The number of nitrogens with one attached hydrogen (secondary N) is 1. The van der Waals surface area contributed by atoms with Crippen LogP contribution in [0.2, 0.25) is 0 Å². The molecule has 2 fully saturated rings. The Morgan fingerprint density at radius 3 is 2.63 bits per heavy atom. The number of aromatic nitrogens is 2. The SMILES string of the molecule is C1CCc2[nH]c([C@@H]3CCCN3C3CCCC3)nc2C1. The second-order valence-corrected chi connectivity index (χ2v) is 6.59. The van der Waals surface area contributed by atoms with E-state index in [1.165, 1.54) is 88.0 Å². The molecule has 3 nitrogen and oxygen atoms in total. The van der Waals surface area contributed by atoms with E-state index in [0.717, 1.165) is 6.04 Å². The van der Waals surface area contributed by atoms with Gasteiger partial charge in [0.2, 0.25) is 0 Å². The average Bonchev–Trinajstić information content (AvgIpc) is 3.17. The van der Waals surface area contributed by atoms with Crippen LogP contribution in [0.4, 0.5) is 0 Å². The maximum atomic E-state index is 4.96. The van der Waals surface area contributed by atoms with E-state index in [-0.39, 0.29) is 0 Å². The molecule has 0 unspecified atom stereocenters. The molecular formula is C16H25N3. The van der Waals surface area contributed by atoms with Crippen molar-refractivity contribution in [1.29, 1.82) is 0 Å². The molecule has 19 heavy (non-hydrogen) atoms. The lowest BCUT2D eigenvalue weighted by Crippen LogP contribution is -2.33. The van der Waals surface area contributed by atoms with Gasteiger partial charge in [-0.25, -0.2) is 4.98 Å². The summed E-state index contributed by atoms with van der Waals surface area (Å²) in [5, 5.41) is 0. The maximum absolute atomic E-state index is 4.96. The first-order chi connectivity index (χ1) is 9.42. The van der Waals surface area contributed by atoms with E-state index < -0.39 is 0 Å². The minimum absolute atomic E-state index is 0.591. The molecule has 3 heteroatoms. The quantitative estimate of drug-likeness (QED) is 0.883. The maximum Gasteiger partial charge on any atom is 0.124 e. The van der Waals surface area contributed by atoms with E-state index >= 15 is 0 Å². The van der Waals surface area contributed by atoms with Crippen LogP contribution >= 0.6 is 0 Å². The smallest absolute Gasteiger partial charge is 0.124 e. The second-order valence-electron chi connectivity index (χ2n) is 6.59. The van der Waals surface area contributed by atoms with Gasteiger partial charge in [-0.3, -0.25) is 4.90 Å². The molecular weight excluding hydrogens is 234 g/mol. The first-order valence-corrected chi connectivity index (χ1v) is 8.25. The van der Waals surface area contributed by atoms with Crippen LogP contribution in [0.3, 0.4) is 0 Å². The summed E-state index contributed by atoms with van der Waals surface area (Å²) >= 11 is 0. The highest BCUT2D eigenvalue weighted by Gasteiger charge is 2.35. The van der Waals surface area contributed by atoms with Gasteiger partial charge in [0.1, 0.15) is 5.82 Å². The highest BCUT2D eigenvalue weighted by molar-refractivity contribution is 5.19. The molecule has 3 aliphatic rings. The van der Waals surface area contributed by atoms with Crippen molar-refractivity contribution in [2.75, 3.05) is 6.54 Å². The van der Waals surface area contributed by atoms with Crippen LogP contribution in [0, 0.1) is 0 Å². The molecule has 1 aliphatic heterocycles. The summed E-state index contributed by atoms with van der Waals surface area (Å²) in [6.45, 7) is 1.29. The van der Waals surface area contributed by atoms with E-state index in [4.69, 9.17) is 4.98 Å². The van der Waals surface area contributed by atoms with E-state index in [1.54, 1.807) is 0 Å². The van der Waals surface area contributed by atoms with Gasteiger partial charge >= 0.3 is 0 Å². The Morgan fingerprint density at radius 1 is 0.947 bits per heavy atom. The standard InChI is InChI=1S/C16H25N3/c1-2-7-12(6-1)19-11-5-10-15(19)16-17-13-8-3-4-9-14(13)18-16/h12,15H,1-11H2,(H,17,18)/t15-/m0/s1. The number of likely N-dealkylation sites (tertiary alicyclic amines) is 1. The summed E-state index contributed by atoms with van der Waals surface area (Å²) in [6.07, 6.45) is 13.4. The third kappa shape index (κ3) is 2.12. The third-order valence-electron chi connectivity index (χ3n) is 5.38. The minimum Gasteiger partial charge on any atom is -0.344 e. The number of hydrogen-bond donors (Lipinski definition) is 1. The van der Waals surface area contributed by atoms with Crippen LogP contribution in [0.5, 0.6) is 0 Å². The van der Waals surface area contributed by atoms with Gasteiger partial charge in [-0.1, -0.05) is 12.8 Å². The van der Waals surface area contributed by atoms with Crippen molar-refractivity contribution in [2.24, 2.45) is 0 Å². The van der Waals surface area contributed by atoms with Crippen LogP contribution < -0.4 is 0 Å². The number of rotatable bonds is 2. The lowest BCUT2D eigenvalue weighted by atomic mass is 10.0. The van der Waals surface area contributed by atoms with Gasteiger partial charge < -0.3 is 4.98 Å². The molecule has 1 saturated heterocycles. The fourth-order valence-corrected chi connectivity index (χ4v) is 4.39. The monoisotopic (exact) mass is 259 g/mol.